The number of likely N-dealkylation sites (N-methyl/N-ethyl adjacent to an activating group) is 2. The number of hydrogen-bond donors (Lipinski definition) is 7. The van der Waals surface area contributed by atoms with Crippen molar-refractivity contribution in [1.82, 2.24) is 9.80 Å². The van der Waals surface area contributed by atoms with Crippen molar-refractivity contribution in [3.8, 4) is 86.2 Å². The van der Waals surface area contributed by atoms with Crippen LogP contribution in [-0.2, 0) is 70.5 Å². The number of rotatable bonds is 34. The van der Waals surface area contributed by atoms with Gasteiger partial charge in [0.05, 0.1) is 41.5 Å². The summed E-state index contributed by atoms with van der Waals surface area (Å²) in [5.74, 6) is 4.79. The number of ether oxygens (including phenoxy) is 8. The van der Waals surface area contributed by atoms with Gasteiger partial charge >= 0.3 is 23.9 Å². The Bertz CT molecular complexity index is 4270. The second-order valence-corrected chi connectivity index (χ2v) is 30.1. The van der Waals surface area contributed by atoms with Gasteiger partial charge in [-0.25, -0.2) is 0 Å². The van der Waals surface area contributed by atoms with Crippen molar-refractivity contribution < 1.29 is 92.8 Å². The van der Waals surface area contributed by atoms with Crippen LogP contribution in [0.15, 0.2) is 146 Å². The molecule has 21 nitrogen and oxygen atoms in total. The minimum atomic E-state index is -0.462. The fourth-order valence-electron chi connectivity index (χ4n) is 12.5. The number of carbonyl (C=O) groups excluding carboxylic acids is 4. The first-order valence-electron chi connectivity index (χ1n) is 38.2. The van der Waals surface area contributed by atoms with Crippen molar-refractivity contribution in [2.75, 3.05) is 69.7 Å². The number of phenols is 7. The molecule has 113 heavy (non-hydrogen) atoms. The molecule has 8 rings (SSSR count). The highest BCUT2D eigenvalue weighted by Gasteiger charge is 2.24. The summed E-state index contributed by atoms with van der Waals surface area (Å²) in [5, 5.41) is 66.4. The average molecular weight is 1560 g/mol. The van der Waals surface area contributed by atoms with Gasteiger partial charge in [-0.05, 0) is 275 Å². The highest BCUT2D eigenvalue weighted by Crippen LogP contribution is 2.38. The van der Waals surface area contributed by atoms with Gasteiger partial charge in [0.25, 0.3) is 0 Å². The van der Waals surface area contributed by atoms with Crippen LogP contribution >= 0.6 is 0 Å². The number of hydrogen-bond acceptors (Lipinski definition) is 21. The molecule has 0 heterocycles. The molecule has 7 N–H and O–H groups in total. The van der Waals surface area contributed by atoms with Gasteiger partial charge in [-0.3, -0.25) is 29.0 Å². The van der Waals surface area contributed by atoms with E-state index in [9.17, 15) is 54.9 Å². The number of aromatic hydroxyl groups is 7. The van der Waals surface area contributed by atoms with Crippen LogP contribution in [0.5, 0.6) is 86.2 Å². The van der Waals surface area contributed by atoms with Crippen LogP contribution in [0.3, 0.4) is 0 Å². The molecule has 0 unspecified atom stereocenters. The van der Waals surface area contributed by atoms with Crippen LogP contribution in [-0.4, -0.2) is 139 Å². The molecule has 21 heteroatoms. The lowest BCUT2D eigenvalue weighted by molar-refractivity contribution is -0.137. The van der Waals surface area contributed by atoms with Gasteiger partial charge in [0.15, 0.2) is 80.5 Å². The van der Waals surface area contributed by atoms with Crippen molar-refractivity contribution in [3.05, 3.63) is 196 Å². The fraction of sp³-hybridized carbons (Fsp3) is 0.435. The van der Waals surface area contributed by atoms with E-state index in [-0.39, 0.29) is 108 Å². The third-order valence-electron chi connectivity index (χ3n) is 20.0. The highest BCUT2D eigenvalue weighted by atomic mass is 16.6. The molecule has 616 valence electrons. The average Bonchev–Trinajstić information content (AvgIpc) is 0.840. The topological polar surface area (TPSA) is 290 Å². The predicted molar refractivity (Wildman–Crippen MR) is 444 cm³/mol. The Labute approximate surface area is 670 Å². The summed E-state index contributed by atoms with van der Waals surface area (Å²) in [6.07, 6.45) is 7.13. The van der Waals surface area contributed by atoms with Gasteiger partial charge in [-0.1, -0.05) is 131 Å². The normalized spacial score (nSPS) is 13.0. The summed E-state index contributed by atoms with van der Waals surface area (Å²) in [6, 6.07) is 43.4. The lowest BCUT2D eigenvalue weighted by atomic mass is 9.85. The molecular weight excluding hydrogens is 1440 g/mol. The standard InChI is InChI=1S/C32H44N2O8.C22H30O3.C19H24O4.C18H22O4.CH4/c1-9-29(35)39-25-13-11-23(17-27(25)41-30(36)10-2)15-21(3)22(4)16-24-12-14-26(40-31(37)19-33(5)6)28(18-24)42-32(38)20-34(7)8;1-15(11-18-7-9-20(23-4)17(3)13-18)16(2)12-19-8-10-21(24-5)22(14-19)25-6;1-12(8-14-4-6-16(20)18(22)10-14)13(2)9-15-5-7-17(21)19(11-15)23-3;1-11(7-13-3-5-15(19)17(21)9-13)12(2)8-14-4-6-16(20)18(22)10-14;/h11-14,17-18,21-22H,9-10,15-16,19-20H2,1-8H3;7-10,13-16H,11-12H2,1-6H3;4-7,10-13,20-22H,8-9H2,1-3H3;3-6,9-12,19-22H,7-8H2,1-2H3;1H4/t21-,22+;15-,16+;12-,13+;11-,12+;/m111../s1. The Balaban J connectivity index is 0.000000330. The Kier molecular flexibility index (Phi) is 39.4. The van der Waals surface area contributed by atoms with Crippen molar-refractivity contribution >= 4 is 23.9 Å². The van der Waals surface area contributed by atoms with E-state index >= 15 is 0 Å². The molecule has 0 amide bonds. The molecule has 0 aliphatic heterocycles. The van der Waals surface area contributed by atoms with E-state index in [4.69, 9.17) is 37.9 Å². The quantitative estimate of drug-likeness (QED) is 0.0112. The van der Waals surface area contributed by atoms with E-state index in [1.807, 2.05) is 48.5 Å². The zero-order chi connectivity index (χ0) is 83.1. The first-order valence-corrected chi connectivity index (χ1v) is 38.2. The summed E-state index contributed by atoms with van der Waals surface area (Å²) >= 11 is 0. The second kappa shape index (κ2) is 47.0. The van der Waals surface area contributed by atoms with Crippen molar-refractivity contribution in [3.63, 3.8) is 0 Å². The number of nitrogens with zero attached hydrogens (tertiary/aromatic N) is 2. The van der Waals surface area contributed by atoms with Gasteiger partial charge in [0.1, 0.15) is 5.75 Å². The van der Waals surface area contributed by atoms with E-state index in [0.717, 1.165) is 89.2 Å². The van der Waals surface area contributed by atoms with Crippen molar-refractivity contribution in [1.29, 1.82) is 0 Å². The third kappa shape index (κ3) is 31.8. The molecule has 0 aliphatic rings. The lowest BCUT2D eigenvalue weighted by Gasteiger charge is -2.21. The minimum Gasteiger partial charge on any atom is -0.504 e. The molecule has 0 saturated carbocycles. The molecule has 8 aromatic rings. The zero-order valence-corrected chi connectivity index (χ0v) is 68.9. The monoisotopic (exact) mass is 1560 g/mol. The van der Waals surface area contributed by atoms with Gasteiger partial charge in [0.2, 0.25) is 0 Å². The Hall–Kier alpha value is -10.6. The molecule has 0 fully saturated rings. The molecule has 0 aliphatic carbocycles. The van der Waals surface area contributed by atoms with Crippen LogP contribution in [0, 0.1) is 54.3 Å². The van der Waals surface area contributed by atoms with Gasteiger partial charge in [-0.15, -0.1) is 0 Å². The molecule has 0 aromatic heterocycles. The Morgan fingerprint density at radius 2 is 0.513 bits per heavy atom. The number of phenolic OH excluding ortho intramolecular Hbond substituents is 7. The molecule has 8 atom stereocenters. The molecule has 8 aromatic carbocycles. The third-order valence-corrected chi connectivity index (χ3v) is 20.0. The van der Waals surface area contributed by atoms with Crippen LogP contribution in [0.2, 0.25) is 0 Å². The van der Waals surface area contributed by atoms with Crippen LogP contribution in [0.1, 0.15) is 140 Å². The Morgan fingerprint density at radius 3 is 0.796 bits per heavy atom. The maximum absolute atomic E-state index is 12.4. The summed E-state index contributed by atoms with van der Waals surface area (Å²) < 4.78 is 43.1. The number of methoxy groups -OCH3 is 4. The smallest absolute Gasteiger partial charge is 0.325 e. The largest absolute Gasteiger partial charge is 0.504 e. The Morgan fingerprint density at radius 1 is 0.283 bits per heavy atom. The lowest BCUT2D eigenvalue weighted by Crippen LogP contribution is -2.27. The van der Waals surface area contributed by atoms with Gasteiger partial charge in [-0.2, -0.15) is 0 Å². The van der Waals surface area contributed by atoms with Crippen LogP contribution in [0.4, 0.5) is 0 Å². The minimum absolute atomic E-state index is 0. The maximum atomic E-state index is 12.4. The fourth-order valence-corrected chi connectivity index (χ4v) is 12.5. The maximum Gasteiger partial charge on any atom is 0.325 e. The predicted octanol–water partition coefficient (Wildman–Crippen LogP) is 17.5. The van der Waals surface area contributed by atoms with Crippen LogP contribution < -0.4 is 37.9 Å². The number of benzene rings is 8. The zero-order valence-electron chi connectivity index (χ0n) is 68.9. The number of esters is 4. The van der Waals surface area contributed by atoms with Crippen LogP contribution in [0.25, 0.3) is 0 Å². The van der Waals surface area contributed by atoms with E-state index in [1.54, 1.807) is 129 Å². The molecule has 0 saturated heterocycles. The SMILES string of the molecule is C.CCC(=O)Oc1ccc(C[C@@H](C)[C@@H](C)Cc2ccc(OC(=O)CN(C)C)c(OC(=O)CN(C)C)c2)cc1OC(=O)CC.COc1cc(C[C@H](C)[C@H](C)Cc2ccc(O)c(O)c2)ccc1O.COc1ccc(C[C@@H](C)[C@@H](C)Cc2ccc(OC)c(OC)c2)cc1C.C[C@H](Cc1ccc(O)c(O)c1)[C@@H](C)Cc1ccc(O)c(O)c1. The summed E-state index contributed by atoms with van der Waals surface area (Å²) in [6.45, 7) is 23.2. The van der Waals surface area contributed by atoms with Gasteiger partial charge in [0, 0.05) is 12.8 Å². The number of aryl methyl sites for hydroxylation is 1. The molecule has 0 bridgehead atoms. The van der Waals surface area contributed by atoms with Crippen molar-refractivity contribution in [2.24, 2.45) is 47.3 Å². The second-order valence-electron chi connectivity index (χ2n) is 30.1. The molecular formula is C92H124N2O19. The summed E-state index contributed by atoms with van der Waals surface area (Å²) in [7, 11) is 13.7. The molecule has 0 spiro atoms. The summed E-state index contributed by atoms with van der Waals surface area (Å²) in [5.41, 5.74) is 9.77. The van der Waals surface area contributed by atoms with Gasteiger partial charge < -0.3 is 73.6 Å². The van der Waals surface area contributed by atoms with E-state index in [2.05, 4.69) is 92.6 Å². The summed E-state index contributed by atoms with van der Waals surface area (Å²) in [4.78, 5) is 51.9. The highest BCUT2D eigenvalue weighted by molar-refractivity contribution is 5.78. The van der Waals surface area contributed by atoms with Crippen molar-refractivity contribution in [2.45, 2.75) is 148 Å². The molecule has 0 radical (unpaired) electrons. The van der Waals surface area contributed by atoms with E-state index < -0.39 is 23.9 Å². The van der Waals surface area contributed by atoms with E-state index in [0.29, 0.717) is 54.1 Å². The first kappa shape index (κ1) is 94.7. The number of carbonyl (C=O) groups is 4. The first-order chi connectivity index (χ1) is 53.0. The van der Waals surface area contributed by atoms with E-state index in [1.165, 1.54) is 34.9 Å².